The van der Waals surface area contributed by atoms with Gasteiger partial charge in [-0.25, -0.2) is 4.98 Å². The topological polar surface area (TPSA) is 102 Å². The van der Waals surface area contributed by atoms with Crippen molar-refractivity contribution < 1.29 is 23.8 Å². The van der Waals surface area contributed by atoms with E-state index >= 15 is 0 Å². The van der Waals surface area contributed by atoms with Gasteiger partial charge in [0.2, 0.25) is 5.91 Å². The standard InChI is InChI=1S/C27H30N4O5/c1-34-21-6-4-5-20(16-21)29-27(33)19-9-12-28-25(15-19)31-13-10-18(11-14-31)26(32)30-23-8-7-22(35-2)17-24(23)36-3/h4-9,12,15-18H,10-11,13-14H2,1-3H3,(H,29,33)(H,30,32). The molecule has 2 N–H and O–H groups in total. The predicted molar refractivity (Wildman–Crippen MR) is 138 cm³/mol. The third-order valence-electron chi connectivity index (χ3n) is 6.19. The molecule has 1 saturated heterocycles. The maximum absolute atomic E-state index is 12.9. The van der Waals surface area contributed by atoms with Crippen molar-refractivity contribution in [3.05, 3.63) is 66.4 Å². The summed E-state index contributed by atoms with van der Waals surface area (Å²) in [6.07, 6.45) is 2.98. The van der Waals surface area contributed by atoms with Gasteiger partial charge in [0.1, 0.15) is 23.1 Å². The van der Waals surface area contributed by atoms with Gasteiger partial charge in [0, 0.05) is 48.6 Å². The van der Waals surface area contributed by atoms with Crippen molar-refractivity contribution in [3.63, 3.8) is 0 Å². The van der Waals surface area contributed by atoms with Crippen LogP contribution >= 0.6 is 0 Å². The largest absolute Gasteiger partial charge is 0.497 e. The van der Waals surface area contributed by atoms with Crippen LogP contribution in [0.5, 0.6) is 17.2 Å². The second-order valence-corrected chi connectivity index (χ2v) is 8.41. The molecule has 2 heterocycles. The number of carbonyl (C=O) groups excluding carboxylic acids is 2. The molecule has 4 rings (SSSR count). The van der Waals surface area contributed by atoms with Gasteiger partial charge in [-0.2, -0.15) is 0 Å². The Bertz CT molecular complexity index is 1220. The fourth-order valence-electron chi connectivity index (χ4n) is 4.14. The van der Waals surface area contributed by atoms with Gasteiger partial charge in [-0.1, -0.05) is 6.07 Å². The molecule has 0 radical (unpaired) electrons. The van der Waals surface area contributed by atoms with Crippen molar-refractivity contribution >= 4 is 29.0 Å². The lowest BCUT2D eigenvalue weighted by Gasteiger charge is -2.32. The van der Waals surface area contributed by atoms with Crippen LogP contribution in [0.25, 0.3) is 0 Å². The van der Waals surface area contributed by atoms with E-state index in [-0.39, 0.29) is 17.7 Å². The zero-order chi connectivity index (χ0) is 25.5. The van der Waals surface area contributed by atoms with E-state index in [0.717, 1.165) is 0 Å². The number of carbonyl (C=O) groups is 2. The van der Waals surface area contributed by atoms with Crippen LogP contribution in [-0.2, 0) is 4.79 Å². The average Bonchev–Trinajstić information content (AvgIpc) is 2.93. The molecule has 1 aliphatic rings. The SMILES string of the molecule is COc1cccc(NC(=O)c2ccnc(N3CCC(C(=O)Nc4ccc(OC)cc4OC)CC3)c2)c1. The Morgan fingerprint density at radius 3 is 2.36 bits per heavy atom. The number of ether oxygens (including phenoxy) is 3. The number of anilines is 3. The summed E-state index contributed by atoms with van der Waals surface area (Å²) in [4.78, 5) is 32.2. The Labute approximate surface area is 210 Å². The Morgan fingerprint density at radius 1 is 0.889 bits per heavy atom. The van der Waals surface area contributed by atoms with E-state index in [0.29, 0.717) is 65.9 Å². The van der Waals surface area contributed by atoms with Crippen molar-refractivity contribution in [1.82, 2.24) is 4.98 Å². The highest BCUT2D eigenvalue weighted by Gasteiger charge is 2.26. The third kappa shape index (κ3) is 5.86. The molecule has 9 nitrogen and oxygen atoms in total. The normalized spacial score (nSPS) is 13.6. The van der Waals surface area contributed by atoms with Gasteiger partial charge >= 0.3 is 0 Å². The summed E-state index contributed by atoms with van der Waals surface area (Å²) < 4.78 is 15.8. The molecule has 0 atom stereocenters. The van der Waals surface area contributed by atoms with E-state index in [1.54, 1.807) is 70.0 Å². The van der Waals surface area contributed by atoms with Gasteiger partial charge in [0.05, 0.1) is 27.0 Å². The molecular weight excluding hydrogens is 460 g/mol. The van der Waals surface area contributed by atoms with E-state index < -0.39 is 0 Å². The van der Waals surface area contributed by atoms with Crippen LogP contribution in [0.15, 0.2) is 60.8 Å². The van der Waals surface area contributed by atoms with Crippen molar-refractivity contribution in [2.45, 2.75) is 12.8 Å². The highest BCUT2D eigenvalue weighted by molar-refractivity contribution is 6.04. The predicted octanol–water partition coefficient (Wildman–Crippen LogP) is 4.21. The Balaban J connectivity index is 1.35. The van der Waals surface area contributed by atoms with Gasteiger partial charge in [0.25, 0.3) is 5.91 Å². The van der Waals surface area contributed by atoms with Crippen molar-refractivity contribution in [2.24, 2.45) is 5.92 Å². The number of hydrogen-bond donors (Lipinski definition) is 2. The molecule has 0 aliphatic carbocycles. The van der Waals surface area contributed by atoms with Gasteiger partial charge < -0.3 is 29.7 Å². The number of benzene rings is 2. The molecule has 0 unspecified atom stereocenters. The third-order valence-corrected chi connectivity index (χ3v) is 6.19. The second-order valence-electron chi connectivity index (χ2n) is 8.41. The highest BCUT2D eigenvalue weighted by atomic mass is 16.5. The Morgan fingerprint density at radius 2 is 1.64 bits per heavy atom. The molecular formula is C27H30N4O5. The quantitative estimate of drug-likeness (QED) is 0.488. The van der Waals surface area contributed by atoms with Crippen LogP contribution in [0.1, 0.15) is 23.2 Å². The lowest BCUT2D eigenvalue weighted by molar-refractivity contribution is -0.120. The number of nitrogens with zero attached hydrogens (tertiary/aromatic N) is 2. The van der Waals surface area contributed by atoms with Crippen LogP contribution in [0.4, 0.5) is 17.2 Å². The Hall–Kier alpha value is -4.27. The fraction of sp³-hybridized carbons (Fsp3) is 0.296. The minimum atomic E-state index is -0.227. The highest BCUT2D eigenvalue weighted by Crippen LogP contribution is 2.31. The van der Waals surface area contributed by atoms with Crippen LogP contribution in [0.3, 0.4) is 0 Å². The lowest BCUT2D eigenvalue weighted by Crippen LogP contribution is -2.38. The molecule has 0 spiro atoms. The number of amides is 2. The monoisotopic (exact) mass is 490 g/mol. The molecule has 1 aliphatic heterocycles. The average molecular weight is 491 g/mol. The molecule has 1 fully saturated rings. The maximum atomic E-state index is 12.9. The summed E-state index contributed by atoms with van der Waals surface area (Å²) in [6.45, 7) is 1.32. The second kappa shape index (κ2) is 11.4. The van der Waals surface area contributed by atoms with E-state index in [1.807, 2.05) is 12.1 Å². The van der Waals surface area contributed by atoms with E-state index in [2.05, 4.69) is 20.5 Å². The van der Waals surface area contributed by atoms with Crippen molar-refractivity contribution in [1.29, 1.82) is 0 Å². The summed E-state index contributed by atoms with van der Waals surface area (Å²) in [6, 6.07) is 16.0. The Kier molecular flexibility index (Phi) is 7.89. The fourth-order valence-corrected chi connectivity index (χ4v) is 4.14. The number of aromatic nitrogens is 1. The summed E-state index contributed by atoms with van der Waals surface area (Å²) >= 11 is 0. The van der Waals surface area contributed by atoms with E-state index in [1.165, 1.54) is 0 Å². The first-order chi connectivity index (χ1) is 17.5. The number of piperidine rings is 1. The molecule has 3 aromatic rings. The molecule has 2 amide bonds. The first-order valence-corrected chi connectivity index (χ1v) is 11.7. The van der Waals surface area contributed by atoms with Crippen molar-refractivity contribution in [2.75, 3.05) is 50.0 Å². The molecule has 36 heavy (non-hydrogen) atoms. The number of hydrogen-bond acceptors (Lipinski definition) is 7. The van der Waals surface area contributed by atoms with Crippen LogP contribution in [-0.4, -0.2) is 51.2 Å². The molecule has 9 heteroatoms. The number of methoxy groups -OCH3 is 3. The summed E-state index contributed by atoms with van der Waals surface area (Å²) in [5.74, 6) is 2.18. The van der Waals surface area contributed by atoms with E-state index in [4.69, 9.17) is 14.2 Å². The molecule has 0 bridgehead atoms. The van der Waals surface area contributed by atoms with Crippen LogP contribution < -0.4 is 29.7 Å². The van der Waals surface area contributed by atoms with Gasteiger partial charge in [0.15, 0.2) is 0 Å². The molecule has 2 aromatic carbocycles. The summed E-state index contributed by atoms with van der Waals surface area (Å²) in [7, 11) is 4.72. The minimum absolute atomic E-state index is 0.0440. The summed E-state index contributed by atoms with van der Waals surface area (Å²) in [5, 5.41) is 5.87. The van der Waals surface area contributed by atoms with Crippen molar-refractivity contribution in [3.8, 4) is 17.2 Å². The number of rotatable bonds is 8. The smallest absolute Gasteiger partial charge is 0.255 e. The van der Waals surface area contributed by atoms with Crippen LogP contribution in [0.2, 0.25) is 0 Å². The lowest BCUT2D eigenvalue weighted by atomic mass is 9.95. The number of pyridine rings is 1. The zero-order valence-corrected chi connectivity index (χ0v) is 20.6. The summed E-state index contributed by atoms with van der Waals surface area (Å²) in [5.41, 5.74) is 1.77. The molecule has 0 saturated carbocycles. The van der Waals surface area contributed by atoms with Gasteiger partial charge in [-0.15, -0.1) is 0 Å². The zero-order valence-electron chi connectivity index (χ0n) is 20.6. The van der Waals surface area contributed by atoms with Gasteiger partial charge in [-0.3, -0.25) is 9.59 Å². The number of nitrogens with one attached hydrogen (secondary N) is 2. The molecule has 1 aromatic heterocycles. The van der Waals surface area contributed by atoms with E-state index in [9.17, 15) is 9.59 Å². The first kappa shape index (κ1) is 24.8. The first-order valence-electron chi connectivity index (χ1n) is 11.7. The minimum Gasteiger partial charge on any atom is -0.497 e. The maximum Gasteiger partial charge on any atom is 0.255 e. The van der Waals surface area contributed by atoms with Crippen LogP contribution in [0, 0.1) is 5.92 Å². The molecule has 188 valence electrons. The van der Waals surface area contributed by atoms with Gasteiger partial charge in [-0.05, 0) is 49.2 Å².